The second-order valence-electron chi connectivity index (χ2n) is 5.19. The molecule has 0 saturated heterocycles. The van der Waals surface area contributed by atoms with Crippen molar-refractivity contribution in [2.24, 2.45) is 5.92 Å². The normalized spacial score (nSPS) is 17.2. The van der Waals surface area contributed by atoms with Crippen molar-refractivity contribution < 1.29 is 0 Å². The summed E-state index contributed by atoms with van der Waals surface area (Å²) in [6.07, 6.45) is 1.99. The first kappa shape index (κ1) is 14.5. The smallest absolute Gasteiger partial charge is 0.0932 e. The number of hydrogen-bond acceptors (Lipinski definition) is 3. The maximum atomic E-state index is 9.49. The molecule has 108 valence electrons. The molecular formula is C19H16N2S. The van der Waals surface area contributed by atoms with Gasteiger partial charge in [-0.3, -0.25) is 0 Å². The lowest BCUT2D eigenvalue weighted by molar-refractivity contribution is 1.09. The number of nitrogens with zero attached hydrogens (tertiary/aromatic N) is 1. The summed E-state index contributed by atoms with van der Waals surface area (Å²) in [4.78, 5) is 0. The predicted octanol–water partition coefficient (Wildman–Crippen LogP) is 5.18. The molecule has 2 aromatic rings. The molecule has 3 heteroatoms. The standard InChI is InChI=1S/C19H16N2S/c1-14-7-9-15(10-8-14)18-13-22-19(11-16(18)12-20)21-17-5-3-2-4-6-17/h2-11,13,16,21H,1H3. The topological polar surface area (TPSA) is 35.8 Å². The van der Waals surface area contributed by atoms with E-state index in [4.69, 9.17) is 0 Å². The molecule has 0 fully saturated rings. The predicted molar refractivity (Wildman–Crippen MR) is 94.0 cm³/mol. The molecule has 1 N–H and O–H groups in total. The van der Waals surface area contributed by atoms with Gasteiger partial charge in [-0.1, -0.05) is 59.8 Å². The van der Waals surface area contributed by atoms with Crippen LogP contribution in [-0.4, -0.2) is 0 Å². The van der Waals surface area contributed by atoms with Crippen molar-refractivity contribution in [2.45, 2.75) is 6.92 Å². The Morgan fingerprint density at radius 2 is 1.77 bits per heavy atom. The fraction of sp³-hybridized carbons (Fsp3) is 0.105. The summed E-state index contributed by atoms with van der Waals surface area (Å²) in [6, 6.07) is 20.7. The van der Waals surface area contributed by atoms with Crippen LogP contribution in [0.4, 0.5) is 5.69 Å². The first-order valence-corrected chi connectivity index (χ1v) is 8.01. The van der Waals surface area contributed by atoms with Gasteiger partial charge >= 0.3 is 0 Å². The number of allylic oxidation sites excluding steroid dienone is 2. The second-order valence-corrected chi connectivity index (χ2v) is 6.10. The molecule has 0 spiro atoms. The zero-order valence-corrected chi connectivity index (χ0v) is 13.1. The Hall–Kier alpha value is -2.44. The molecule has 0 bridgehead atoms. The number of anilines is 1. The van der Waals surface area contributed by atoms with Crippen molar-refractivity contribution in [3.05, 3.63) is 82.2 Å². The summed E-state index contributed by atoms with van der Waals surface area (Å²) in [5.41, 5.74) is 4.43. The quantitative estimate of drug-likeness (QED) is 0.849. The monoisotopic (exact) mass is 304 g/mol. The Balaban J connectivity index is 1.80. The minimum atomic E-state index is -0.227. The molecule has 1 aliphatic heterocycles. The van der Waals surface area contributed by atoms with Crippen molar-refractivity contribution in [3.8, 4) is 6.07 Å². The summed E-state index contributed by atoms with van der Waals surface area (Å²) in [7, 11) is 0. The van der Waals surface area contributed by atoms with Gasteiger partial charge in [0.1, 0.15) is 0 Å². The number of nitrogens with one attached hydrogen (secondary N) is 1. The molecule has 2 nitrogen and oxygen atoms in total. The van der Waals surface area contributed by atoms with E-state index < -0.39 is 0 Å². The van der Waals surface area contributed by atoms with E-state index in [1.54, 1.807) is 11.8 Å². The van der Waals surface area contributed by atoms with Gasteiger partial charge in [0.05, 0.1) is 17.0 Å². The van der Waals surface area contributed by atoms with Crippen LogP contribution >= 0.6 is 11.8 Å². The van der Waals surface area contributed by atoms with Crippen LogP contribution in [0, 0.1) is 24.2 Å². The number of benzene rings is 2. The van der Waals surface area contributed by atoms with Gasteiger partial charge in [0, 0.05) is 5.69 Å². The van der Waals surface area contributed by atoms with Gasteiger partial charge in [0.25, 0.3) is 0 Å². The van der Waals surface area contributed by atoms with Crippen LogP contribution in [0.25, 0.3) is 5.57 Å². The average molecular weight is 304 g/mol. The molecule has 1 aliphatic rings. The van der Waals surface area contributed by atoms with Gasteiger partial charge in [-0.25, -0.2) is 0 Å². The molecule has 0 saturated carbocycles. The molecule has 0 amide bonds. The number of hydrogen-bond donors (Lipinski definition) is 1. The maximum Gasteiger partial charge on any atom is 0.0932 e. The van der Waals surface area contributed by atoms with Crippen LogP contribution in [0.1, 0.15) is 11.1 Å². The Bertz CT molecular complexity index is 752. The van der Waals surface area contributed by atoms with Gasteiger partial charge in [0.2, 0.25) is 0 Å². The number of rotatable bonds is 3. The molecule has 1 heterocycles. The third-order valence-corrected chi connectivity index (χ3v) is 4.40. The third-order valence-electron chi connectivity index (χ3n) is 3.53. The first-order valence-electron chi connectivity index (χ1n) is 7.13. The highest BCUT2D eigenvalue weighted by Crippen LogP contribution is 2.36. The molecule has 22 heavy (non-hydrogen) atoms. The van der Waals surface area contributed by atoms with Gasteiger partial charge in [-0.05, 0) is 41.7 Å². The Morgan fingerprint density at radius 1 is 1.05 bits per heavy atom. The molecule has 0 aliphatic carbocycles. The largest absolute Gasteiger partial charge is 0.350 e. The highest BCUT2D eigenvalue weighted by molar-refractivity contribution is 8.06. The van der Waals surface area contributed by atoms with Gasteiger partial charge in [-0.15, -0.1) is 0 Å². The highest BCUT2D eigenvalue weighted by Gasteiger charge is 2.19. The van der Waals surface area contributed by atoms with Gasteiger partial charge in [-0.2, -0.15) is 5.26 Å². The lowest BCUT2D eigenvalue weighted by Gasteiger charge is -2.19. The van der Waals surface area contributed by atoms with Crippen LogP contribution in [-0.2, 0) is 0 Å². The van der Waals surface area contributed by atoms with Crippen molar-refractivity contribution in [1.29, 1.82) is 5.26 Å². The number of thioether (sulfide) groups is 1. The molecule has 3 rings (SSSR count). The average Bonchev–Trinajstić information content (AvgIpc) is 2.56. The summed E-state index contributed by atoms with van der Waals surface area (Å²) >= 11 is 1.62. The summed E-state index contributed by atoms with van der Waals surface area (Å²) in [6.45, 7) is 2.07. The molecule has 1 atom stereocenters. The highest BCUT2D eigenvalue weighted by atomic mass is 32.2. The van der Waals surface area contributed by atoms with E-state index in [1.165, 1.54) is 5.56 Å². The molecule has 2 aromatic carbocycles. The number of aryl methyl sites for hydroxylation is 1. The van der Waals surface area contributed by atoms with Crippen LogP contribution in [0.15, 0.2) is 71.1 Å². The van der Waals surface area contributed by atoms with E-state index in [2.05, 4.69) is 48.0 Å². The lowest BCUT2D eigenvalue weighted by Crippen LogP contribution is -2.06. The van der Waals surface area contributed by atoms with E-state index in [9.17, 15) is 5.26 Å². The van der Waals surface area contributed by atoms with Crippen LogP contribution in [0.5, 0.6) is 0 Å². The number of para-hydroxylation sites is 1. The Labute approximate surface area is 135 Å². The van der Waals surface area contributed by atoms with Crippen LogP contribution in [0.2, 0.25) is 0 Å². The fourth-order valence-electron chi connectivity index (χ4n) is 2.32. The molecular weight excluding hydrogens is 288 g/mol. The van der Waals surface area contributed by atoms with Gasteiger partial charge in [0.15, 0.2) is 0 Å². The summed E-state index contributed by atoms with van der Waals surface area (Å²) < 4.78 is 0. The van der Waals surface area contributed by atoms with Crippen molar-refractivity contribution >= 4 is 23.0 Å². The summed E-state index contributed by atoms with van der Waals surface area (Å²) in [5.74, 6) is -0.227. The van der Waals surface area contributed by atoms with E-state index in [-0.39, 0.29) is 5.92 Å². The maximum absolute atomic E-state index is 9.49. The van der Waals surface area contributed by atoms with Gasteiger partial charge < -0.3 is 5.32 Å². The van der Waals surface area contributed by atoms with E-state index in [1.807, 2.05) is 36.4 Å². The zero-order valence-electron chi connectivity index (χ0n) is 12.3. The van der Waals surface area contributed by atoms with Crippen LogP contribution < -0.4 is 5.32 Å². The molecule has 0 aromatic heterocycles. The zero-order chi connectivity index (χ0) is 15.4. The Morgan fingerprint density at radius 3 is 2.45 bits per heavy atom. The van der Waals surface area contributed by atoms with Crippen molar-refractivity contribution in [2.75, 3.05) is 5.32 Å². The first-order chi connectivity index (χ1) is 10.8. The van der Waals surface area contributed by atoms with Crippen molar-refractivity contribution in [1.82, 2.24) is 0 Å². The van der Waals surface area contributed by atoms with E-state index in [0.29, 0.717) is 0 Å². The second kappa shape index (κ2) is 6.55. The van der Waals surface area contributed by atoms with Crippen LogP contribution in [0.3, 0.4) is 0 Å². The minimum Gasteiger partial charge on any atom is -0.350 e. The Kier molecular flexibility index (Phi) is 4.32. The molecule has 0 radical (unpaired) electrons. The fourth-order valence-corrected chi connectivity index (χ4v) is 3.24. The lowest BCUT2D eigenvalue weighted by atomic mass is 9.94. The molecule has 1 unspecified atom stereocenters. The summed E-state index contributed by atoms with van der Waals surface area (Å²) in [5, 5.41) is 15.9. The SMILES string of the molecule is Cc1ccc(C2=CSC(Nc3ccccc3)=CC2C#N)cc1. The minimum absolute atomic E-state index is 0.227. The number of nitriles is 1. The third kappa shape index (κ3) is 3.24. The van der Waals surface area contributed by atoms with Crippen molar-refractivity contribution in [3.63, 3.8) is 0 Å². The van der Waals surface area contributed by atoms with E-state index in [0.717, 1.165) is 21.9 Å². The van der Waals surface area contributed by atoms with E-state index >= 15 is 0 Å².